The zero-order valence-corrected chi connectivity index (χ0v) is 10.2. The molecule has 1 atom stereocenters. The van der Waals surface area contributed by atoms with Crippen LogP contribution in [0, 0.1) is 6.92 Å². The van der Waals surface area contributed by atoms with Gasteiger partial charge in [0.1, 0.15) is 0 Å². The third kappa shape index (κ3) is 3.32. The molecule has 1 rings (SSSR count). The van der Waals surface area contributed by atoms with Crippen LogP contribution in [0.25, 0.3) is 0 Å². The number of aromatic nitrogens is 2. The first-order chi connectivity index (χ1) is 6.81. The van der Waals surface area contributed by atoms with Gasteiger partial charge < -0.3 is 10.4 Å². The molecule has 0 saturated heterocycles. The standard InChI is InChI=1S/C11H21N3O/c1-8(12-7-11(3,4)15)10-6-13-14(5)9(10)2/h6,8,12,15H,7H2,1-5H3. The van der Waals surface area contributed by atoms with Gasteiger partial charge in [0, 0.05) is 30.9 Å². The summed E-state index contributed by atoms with van der Waals surface area (Å²) in [6.45, 7) is 8.29. The maximum Gasteiger partial charge on any atom is 0.0715 e. The van der Waals surface area contributed by atoms with E-state index >= 15 is 0 Å². The van der Waals surface area contributed by atoms with Gasteiger partial charge in [0.2, 0.25) is 0 Å². The van der Waals surface area contributed by atoms with Crippen LogP contribution in [0.2, 0.25) is 0 Å². The van der Waals surface area contributed by atoms with Crippen molar-refractivity contribution in [3.8, 4) is 0 Å². The third-order valence-corrected chi connectivity index (χ3v) is 2.58. The van der Waals surface area contributed by atoms with Crippen molar-refractivity contribution >= 4 is 0 Å². The van der Waals surface area contributed by atoms with Crippen molar-refractivity contribution in [2.75, 3.05) is 6.54 Å². The maximum atomic E-state index is 9.60. The summed E-state index contributed by atoms with van der Waals surface area (Å²) in [7, 11) is 1.93. The average Bonchev–Trinajstić information content (AvgIpc) is 2.43. The predicted octanol–water partition coefficient (Wildman–Crippen LogP) is 1.15. The summed E-state index contributed by atoms with van der Waals surface area (Å²) in [5.41, 5.74) is 1.66. The van der Waals surface area contributed by atoms with Gasteiger partial charge in [-0.3, -0.25) is 4.68 Å². The van der Waals surface area contributed by atoms with Crippen LogP contribution in [0.15, 0.2) is 6.20 Å². The summed E-state index contributed by atoms with van der Waals surface area (Å²) in [4.78, 5) is 0. The van der Waals surface area contributed by atoms with E-state index < -0.39 is 5.60 Å². The van der Waals surface area contributed by atoms with Crippen LogP contribution < -0.4 is 5.32 Å². The topological polar surface area (TPSA) is 50.1 Å². The molecule has 0 aromatic carbocycles. The van der Waals surface area contributed by atoms with Crippen LogP contribution in [-0.4, -0.2) is 27.0 Å². The molecular weight excluding hydrogens is 190 g/mol. The van der Waals surface area contributed by atoms with Gasteiger partial charge in [-0.1, -0.05) is 0 Å². The van der Waals surface area contributed by atoms with Gasteiger partial charge in [0.05, 0.1) is 11.8 Å². The molecule has 4 nitrogen and oxygen atoms in total. The zero-order chi connectivity index (χ0) is 11.6. The molecule has 2 N–H and O–H groups in total. The van der Waals surface area contributed by atoms with Gasteiger partial charge in [-0.25, -0.2) is 0 Å². The molecule has 0 aliphatic heterocycles. The first-order valence-electron chi connectivity index (χ1n) is 5.25. The molecular formula is C11H21N3O. The second-order valence-electron chi connectivity index (χ2n) is 4.72. The van der Waals surface area contributed by atoms with Gasteiger partial charge in [0.15, 0.2) is 0 Å². The highest BCUT2D eigenvalue weighted by Gasteiger charge is 2.16. The van der Waals surface area contributed by atoms with Crippen LogP contribution in [0.1, 0.15) is 38.1 Å². The fraction of sp³-hybridized carbons (Fsp3) is 0.727. The van der Waals surface area contributed by atoms with Gasteiger partial charge in [0.25, 0.3) is 0 Å². The zero-order valence-electron chi connectivity index (χ0n) is 10.2. The lowest BCUT2D eigenvalue weighted by Gasteiger charge is -2.21. The van der Waals surface area contributed by atoms with Gasteiger partial charge in [-0.15, -0.1) is 0 Å². The minimum Gasteiger partial charge on any atom is -0.389 e. The van der Waals surface area contributed by atoms with Gasteiger partial charge in [-0.2, -0.15) is 5.10 Å². The van der Waals surface area contributed by atoms with Crippen LogP contribution in [0.5, 0.6) is 0 Å². The van der Waals surface area contributed by atoms with E-state index in [9.17, 15) is 5.11 Å². The number of nitrogens with zero attached hydrogens (tertiary/aromatic N) is 2. The molecule has 0 spiro atoms. The highest BCUT2D eigenvalue weighted by atomic mass is 16.3. The summed E-state index contributed by atoms with van der Waals surface area (Å²) in [6, 6.07) is 0.213. The molecule has 86 valence electrons. The number of hydrogen-bond acceptors (Lipinski definition) is 3. The number of aryl methyl sites for hydroxylation is 1. The molecule has 0 amide bonds. The van der Waals surface area contributed by atoms with E-state index in [2.05, 4.69) is 17.3 Å². The van der Waals surface area contributed by atoms with Crippen molar-refractivity contribution < 1.29 is 5.11 Å². The van der Waals surface area contributed by atoms with E-state index in [-0.39, 0.29) is 6.04 Å². The Morgan fingerprint density at radius 2 is 2.20 bits per heavy atom. The average molecular weight is 211 g/mol. The van der Waals surface area contributed by atoms with E-state index in [0.29, 0.717) is 6.54 Å². The van der Waals surface area contributed by atoms with Crippen molar-refractivity contribution in [2.24, 2.45) is 7.05 Å². The van der Waals surface area contributed by atoms with E-state index in [1.54, 1.807) is 13.8 Å². The Morgan fingerprint density at radius 1 is 1.60 bits per heavy atom. The van der Waals surface area contributed by atoms with Crippen molar-refractivity contribution in [2.45, 2.75) is 39.3 Å². The summed E-state index contributed by atoms with van der Waals surface area (Å²) < 4.78 is 1.86. The van der Waals surface area contributed by atoms with Gasteiger partial charge >= 0.3 is 0 Å². The molecule has 1 aromatic heterocycles. The van der Waals surface area contributed by atoms with Gasteiger partial charge in [-0.05, 0) is 27.7 Å². The van der Waals surface area contributed by atoms with Crippen molar-refractivity contribution in [3.63, 3.8) is 0 Å². The second-order valence-corrected chi connectivity index (χ2v) is 4.72. The Labute approximate surface area is 91.3 Å². The Morgan fingerprint density at radius 3 is 2.60 bits per heavy atom. The third-order valence-electron chi connectivity index (χ3n) is 2.58. The van der Waals surface area contributed by atoms with Crippen molar-refractivity contribution in [1.82, 2.24) is 15.1 Å². The van der Waals surface area contributed by atoms with Crippen molar-refractivity contribution in [1.29, 1.82) is 0 Å². The highest BCUT2D eigenvalue weighted by molar-refractivity contribution is 5.19. The molecule has 1 unspecified atom stereocenters. The summed E-state index contributed by atoms with van der Waals surface area (Å²) in [5, 5.41) is 17.1. The molecule has 4 heteroatoms. The molecule has 0 fully saturated rings. The molecule has 0 aliphatic rings. The lowest BCUT2D eigenvalue weighted by atomic mass is 10.1. The quantitative estimate of drug-likeness (QED) is 0.785. The predicted molar refractivity (Wildman–Crippen MR) is 60.7 cm³/mol. The van der Waals surface area contributed by atoms with Crippen LogP contribution in [0.3, 0.4) is 0 Å². The minimum absolute atomic E-state index is 0.213. The summed E-state index contributed by atoms with van der Waals surface area (Å²) in [6.07, 6.45) is 1.87. The fourth-order valence-electron chi connectivity index (χ4n) is 1.45. The van der Waals surface area contributed by atoms with E-state index in [4.69, 9.17) is 0 Å². The number of hydrogen-bond donors (Lipinski definition) is 2. The molecule has 0 bridgehead atoms. The fourth-order valence-corrected chi connectivity index (χ4v) is 1.45. The summed E-state index contributed by atoms with van der Waals surface area (Å²) >= 11 is 0. The van der Waals surface area contributed by atoms with E-state index in [1.807, 2.05) is 24.9 Å². The first-order valence-corrected chi connectivity index (χ1v) is 5.25. The number of rotatable bonds is 4. The van der Waals surface area contributed by atoms with E-state index in [1.165, 1.54) is 5.56 Å². The monoisotopic (exact) mass is 211 g/mol. The smallest absolute Gasteiger partial charge is 0.0715 e. The maximum absolute atomic E-state index is 9.60. The Kier molecular flexibility index (Phi) is 3.52. The number of nitrogens with one attached hydrogen (secondary N) is 1. The number of aliphatic hydroxyl groups is 1. The Hall–Kier alpha value is -0.870. The Bertz CT molecular complexity index is 325. The second kappa shape index (κ2) is 4.33. The molecule has 0 saturated carbocycles. The van der Waals surface area contributed by atoms with Crippen LogP contribution >= 0.6 is 0 Å². The molecule has 1 heterocycles. The summed E-state index contributed by atoms with van der Waals surface area (Å²) in [5.74, 6) is 0. The Balaban J connectivity index is 2.62. The first kappa shape index (κ1) is 12.2. The highest BCUT2D eigenvalue weighted by Crippen LogP contribution is 2.16. The molecule has 0 aliphatic carbocycles. The lowest BCUT2D eigenvalue weighted by molar-refractivity contribution is 0.0770. The molecule has 0 radical (unpaired) electrons. The van der Waals surface area contributed by atoms with E-state index in [0.717, 1.165) is 5.69 Å². The molecule has 1 aromatic rings. The van der Waals surface area contributed by atoms with Crippen LogP contribution in [0.4, 0.5) is 0 Å². The largest absolute Gasteiger partial charge is 0.389 e. The SMILES string of the molecule is Cc1c(C(C)NCC(C)(C)O)cnn1C. The lowest BCUT2D eigenvalue weighted by Crippen LogP contribution is -2.36. The molecule has 15 heavy (non-hydrogen) atoms. The van der Waals surface area contributed by atoms with Crippen LogP contribution in [-0.2, 0) is 7.05 Å². The normalized spacial score (nSPS) is 14.3. The minimum atomic E-state index is -0.676. The van der Waals surface area contributed by atoms with Crippen molar-refractivity contribution in [3.05, 3.63) is 17.5 Å².